The van der Waals surface area contributed by atoms with Gasteiger partial charge in [-0.2, -0.15) is 0 Å². The predicted octanol–water partition coefficient (Wildman–Crippen LogP) is 3.24. The Morgan fingerprint density at radius 1 is 1.35 bits per heavy atom. The summed E-state index contributed by atoms with van der Waals surface area (Å²) in [7, 11) is 0. The highest BCUT2D eigenvalue weighted by Gasteiger charge is 2.28. The van der Waals surface area contributed by atoms with Crippen LogP contribution in [0.4, 0.5) is 8.78 Å². The Bertz CT molecular complexity index is 476. The summed E-state index contributed by atoms with van der Waals surface area (Å²) in [5.74, 6) is -2.20. The number of carboxylic acids is 1. The van der Waals surface area contributed by atoms with Crippen LogP contribution in [0.25, 0.3) is 0 Å². The van der Waals surface area contributed by atoms with Gasteiger partial charge in [-0.05, 0) is 38.9 Å². The maximum absolute atomic E-state index is 13.7. The lowest BCUT2D eigenvalue weighted by atomic mass is 9.94. The van der Waals surface area contributed by atoms with E-state index in [9.17, 15) is 13.6 Å². The summed E-state index contributed by atoms with van der Waals surface area (Å²) in [6.07, 6.45) is 1.14. The Labute approximate surface area is 123 Å². The third-order valence-corrected chi connectivity index (χ3v) is 3.84. The maximum Gasteiger partial charge on any atom is 0.306 e. The summed E-state index contributed by atoms with van der Waals surface area (Å²) in [6.45, 7) is 3.10. The van der Waals surface area contributed by atoms with Crippen molar-refractivity contribution < 1.29 is 18.7 Å². The zero-order valence-corrected chi connectivity index (χ0v) is 12.0. The smallest absolute Gasteiger partial charge is 0.306 e. The molecule has 6 heteroatoms. The van der Waals surface area contributed by atoms with Crippen LogP contribution in [0.2, 0.25) is 0 Å². The van der Waals surface area contributed by atoms with Crippen LogP contribution in [0.1, 0.15) is 31.4 Å². The normalized spacial score (nSPS) is 18.4. The number of nitrogens with zero attached hydrogens (tertiary/aromatic N) is 1. The molecule has 0 aromatic heterocycles. The van der Waals surface area contributed by atoms with Crippen LogP contribution < -0.4 is 0 Å². The summed E-state index contributed by atoms with van der Waals surface area (Å²) in [5.41, 5.74) is 0.454. The van der Waals surface area contributed by atoms with E-state index in [-0.39, 0.29) is 24.4 Å². The molecule has 0 radical (unpaired) electrons. The molecule has 1 aromatic carbocycles. The number of aliphatic carboxylic acids is 1. The second kappa shape index (κ2) is 6.99. The van der Waals surface area contributed by atoms with Crippen molar-refractivity contribution in [2.75, 3.05) is 13.1 Å². The first-order valence-corrected chi connectivity index (χ1v) is 6.41. The second-order valence-electron chi connectivity index (χ2n) is 4.99. The molecule has 0 bridgehead atoms. The topological polar surface area (TPSA) is 40.5 Å². The molecule has 1 N–H and O–H groups in total. The zero-order chi connectivity index (χ0) is 14.0. The van der Waals surface area contributed by atoms with E-state index in [2.05, 4.69) is 0 Å². The van der Waals surface area contributed by atoms with Crippen molar-refractivity contribution in [3.8, 4) is 0 Å². The minimum atomic E-state index is -0.764. The minimum absolute atomic E-state index is 0. The van der Waals surface area contributed by atoms with Gasteiger partial charge in [0.05, 0.1) is 5.92 Å². The molecule has 1 unspecified atom stereocenters. The second-order valence-corrected chi connectivity index (χ2v) is 4.99. The van der Waals surface area contributed by atoms with Gasteiger partial charge in [-0.1, -0.05) is 6.07 Å². The molecule has 0 saturated carbocycles. The molecule has 20 heavy (non-hydrogen) atoms. The van der Waals surface area contributed by atoms with Crippen molar-refractivity contribution in [2.24, 2.45) is 5.92 Å². The average molecular weight is 306 g/mol. The molecule has 0 aliphatic carbocycles. The predicted molar refractivity (Wildman–Crippen MR) is 74.0 cm³/mol. The van der Waals surface area contributed by atoms with E-state index in [0.717, 1.165) is 6.07 Å². The highest BCUT2D eigenvalue weighted by Crippen LogP contribution is 2.28. The molecule has 1 aliphatic rings. The summed E-state index contributed by atoms with van der Waals surface area (Å²) in [6, 6.07) is 3.42. The van der Waals surface area contributed by atoms with E-state index < -0.39 is 17.6 Å². The molecule has 0 amide bonds. The molecular formula is C14H18ClF2NO2. The van der Waals surface area contributed by atoms with E-state index >= 15 is 0 Å². The molecule has 0 spiro atoms. The number of carboxylic acid groups (broad SMARTS) is 1. The molecule has 1 saturated heterocycles. The molecule has 1 fully saturated rings. The lowest BCUT2D eigenvalue weighted by Gasteiger charge is -2.35. The molecule has 1 heterocycles. The van der Waals surface area contributed by atoms with Gasteiger partial charge in [-0.3, -0.25) is 9.69 Å². The third-order valence-electron chi connectivity index (χ3n) is 3.84. The minimum Gasteiger partial charge on any atom is -0.481 e. The lowest BCUT2D eigenvalue weighted by molar-refractivity contribution is -0.143. The van der Waals surface area contributed by atoms with Crippen molar-refractivity contribution >= 4 is 18.4 Å². The fraction of sp³-hybridized carbons (Fsp3) is 0.500. The Kier molecular flexibility index (Phi) is 5.89. The van der Waals surface area contributed by atoms with Crippen molar-refractivity contribution in [3.05, 3.63) is 35.4 Å². The van der Waals surface area contributed by atoms with Gasteiger partial charge in [0.25, 0.3) is 0 Å². The SMILES string of the molecule is CC(c1ccc(F)cc1F)N1CCC(C(=O)O)CC1.Cl. The van der Waals surface area contributed by atoms with Crippen LogP contribution in [-0.2, 0) is 4.79 Å². The fourth-order valence-corrected chi connectivity index (χ4v) is 2.57. The molecule has 2 rings (SSSR count). The van der Waals surface area contributed by atoms with Crippen LogP contribution in [0.15, 0.2) is 18.2 Å². The van der Waals surface area contributed by atoms with Crippen molar-refractivity contribution in [1.29, 1.82) is 0 Å². The Morgan fingerprint density at radius 2 is 1.95 bits per heavy atom. The van der Waals surface area contributed by atoms with Gasteiger partial charge in [0.1, 0.15) is 11.6 Å². The summed E-state index contributed by atoms with van der Waals surface area (Å²) < 4.78 is 26.6. The number of halogens is 3. The first-order chi connectivity index (χ1) is 8.99. The number of rotatable bonds is 3. The van der Waals surface area contributed by atoms with Gasteiger partial charge in [-0.25, -0.2) is 8.78 Å². The van der Waals surface area contributed by atoms with Gasteiger partial charge in [-0.15, -0.1) is 12.4 Å². The van der Waals surface area contributed by atoms with E-state index in [1.165, 1.54) is 12.1 Å². The highest BCUT2D eigenvalue weighted by molar-refractivity contribution is 5.85. The van der Waals surface area contributed by atoms with Gasteiger partial charge in [0.2, 0.25) is 0 Å². The molecule has 1 aromatic rings. The number of hydrogen-bond donors (Lipinski definition) is 1. The summed E-state index contributed by atoms with van der Waals surface area (Å²) >= 11 is 0. The number of carbonyl (C=O) groups is 1. The van der Waals surface area contributed by atoms with Gasteiger partial charge < -0.3 is 5.11 Å². The summed E-state index contributed by atoms with van der Waals surface area (Å²) in [5, 5.41) is 8.93. The van der Waals surface area contributed by atoms with Gasteiger partial charge in [0.15, 0.2) is 0 Å². The quantitative estimate of drug-likeness (QED) is 0.932. The largest absolute Gasteiger partial charge is 0.481 e. The molecule has 112 valence electrons. The van der Waals surface area contributed by atoms with E-state index in [0.29, 0.717) is 31.5 Å². The monoisotopic (exact) mass is 305 g/mol. The number of hydrogen-bond acceptors (Lipinski definition) is 2. The highest BCUT2D eigenvalue weighted by atomic mass is 35.5. The van der Waals surface area contributed by atoms with Crippen molar-refractivity contribution in [2.45, 2.75) is 25.8 Å². The molecule has 1 aliphatic heterocycles. The van der Waals surface area contributed by atoms with Crippen LogP contribution >= 0.6 is 12.4 Å². The van der Waals surface area contributed by atoms with Crippen molar-refractivity contribution in [3.63, 3.8) is 0 Å². The zero-order valence-electron chi connectivity index (χ0n) is 11.2. The van der Waals surface area contributed by atoms with Crippen LogP contribution in [-0.4, -0.2) is 29.1 Å². The Balaban J connectivity index is 0.00000200. The van der Waals surface area contributed by atoms with Gasteiger partial charge >= 0.3 is 5.97 Å². The first-order valence-electron chi connectivity index (χ1n) is 6.41. The Hall–Kier alpha value is -1.20. The number of likely N-dealkylation sites (tertiary alicyclic amines) is 1. The lowest BCUT2D eigenvalue weighted by Crippen LogP contribution is -2.38. The Morgan fingerprint density at radius 3 is 2.45 bits per heavy atom. The van der Waals surface area contributed by atoms with Gasteiger partial charge in [0, 0.05) is 17.7 Å². The van der Waals surface area contributed by atoms with Crippen LogP contribution in [0.5, 0.6) is 0 Å². The van der Waals surface area contributed by atoms with Crippen LogP contribution in [0.3, 0.4) is 0 Å². The summed E-state index contributed by atoms with van der Waals surface area (Å²) in [4.78, 5) is 12.9. The van der Waals surface area contributed by atoms with E-state index in [1.54, 1.807) is 0 Å². The number of piperidine rings is 1. The van der Waals surface area contributed by atoms with Crippen molar-refractivity contribution in [1.82, 2.24) is 4.90 Å². The molecular weight excluding hydrogens is 288 g/mol. The number of benzene rings is 1. The molecule has 1 atom stereocenters. The van der Waals surface area contributed by atoms with Crippen LogP contribution in [0, 0.1) is 17.6 Å². The van der Waals surface area contributed by atoms with E-state index in [4.69, 9.17) is 5.11 Å². The molecule has 3 nitrogen and oxygen atoms in total. The first kappa shape index (κ1) is 16.9. The van der Waals surface area contributed by atoms with E-state index in [1.807, 2.05) is 11.8 Å². The fourth-order valence-electron chi connectivity index (χ4n) is 2.57. The standard InChI is InChI=1S/C14H17F2NO2.ClH/c1-9(12-3-2-11(15)8-13(12)16)17-6-4-10(5-7-17)14(18)19;/h2-3,8-10H,4-7H2,1H3,(H,18,19);1H. The third kappa shape index (κ3) is 3.67. The average Bonchev–Trinajstić information content (AvgIpc) is 2.38. The maximum atomic E-state index is 13.7.